The summed E-state index contributed by atoms with van der Waals surface area (Å²) in [4.78, 5) is 34.5. The number of nitrogens with one attached hydrogen (secondary N) is 1. The zero-order valence-electron chi connectivity index (χ0n) is 16.0. The Morgan fingerprint density at radius 2 is 1.72 bits per heavy atom. The Labute approximate surface area is 150 Å². The molecular formula is C18H33NO6. The van der Waals surface area contributed by atoms with Crippen LogP contribution in [-0.2, 0) is 19.1 Å². The molecule has 0 fully saturated rings. The van der Waals surface area contributed by atoms with Gasteiger partial charge < -0.3 is 19.9 Å². The normalized spacial score (nSPS) is 14.5. The maximum atomic E-state index is 12.1. The smallest absolute Gasteiger partial charge is 0.410 e. The van der Waals surface area contributed by atoms with E-state index in [4.69, 9.17) is 14.6 Å². The average molecular weight is 359 g/mol. The van der Waals surface area contributed by atoms with Crippen LogP contribution in [0.5, 0.6) is 0 Å². The highest BCUT2D eigenvalue weighted by Gasteiger charge is 2.25. The van der Waals surface area contributed by atoms with Crippen LogP contribution < -0.4 is 5.32 Å². The zero-order valence-corrected chi connectivity index (χ0v) is 16.0. The van der Waals surface area contributed by atoms with Gasteiger partial charge in [-0.3, -0.25) is 9.59 Å². The first-order chi connectivity index (χ1) is 11.7. The Balaban J connectivity index is 4.70. The van der Waals surface area contributed by atoms with E-state index >= 15 is 0 Å². The highest BCUT2D eigenvalue weighted by molar-refractivity contribution is 5.72. The van der Waals surface area contributed by atoms with E-state index in [1.54, 1.807) is 20.8 Å². The van der Waals surface area contributed by atoms with Gasteiger partial charge in [-0.25, -0.2) is 4.79 Å². The Bertz CT molecular complexity index is 424. The summed E-state index contributed by atoms with van der Waals surface area (Å²) >= 11 is 0. The fourth-order valence-corrected chi connectivity index (χ4v) is 2.38. The van der Waals surface area contributed by atoms with E-state index in [2.05, 4.69) is 12.2 Å². The number of unbranched alkanes of at least 4 members (excludes halogenated alkanes) is 1. The molecule has 146 valence electrons. The molecule has 0 aliphatic rings. The third-order valence-corrected chi connectivity index (χ3v) is 3.78. The fourth-order valence-electron chi connectivity index (χ4n) is 2.38. The molecule has 0 aromatic carbocycles. The number of carboxylic acids is 1. The summed E-state index contributed by atoms with van der Waals surface area (Å²) in [5.41, 5.74) is 0. The molecule has 7 heteroatoms. The number of carbonyl (C=O) groups excluding carboxylic acids is 2. The first-order valence-corrected chi connectivity index (χ1v) is 9.07. The molecule has 1 amide bonds. The Kier molecular flexibility index (Phi) is 11.7. The van der Waals surface area contributed by atoms with Gasteiger partial charge in [0.2, 0.25) is 0 Å². The van der Waals surface area contributed by atoms with Crippen molar-refractivity contribution in [1.82, 2.24) is 5.32 Å². The van der Waals surface area contributed by atoms with E-state index in [1.807, 2.05) is 6.92 Å². The number of amides is 1. The number of hydrogen-bond acceptors (Lipinski definition) is 5. The van der Waals surface area contributed by atoms with Crippen LogP contribution in [0.2, 0.25) is 0 Å². The second kappa shape index (κ2) is 12.6. The SMILES string of the molecule is CCCC[C@@H](C)C[C@@H](CC(=O)O)NC(=O)O[C@H](OC(=O)CC)C(C)C. The van der Waals surface area contributed by atoms with E-state index in [0.717, 1.165) is 19.3 Å². The van der Waals surface area contributed by atoms with E-state index in [9.17, 15) is 14.4 Å². The molecule has 7 nitrogen and oxygen atoms in total. The van der Waals surface area contributed by atoms with Crippen molar-refractivity contribution in [2.75, 3.05) is 0 Å². The molecule has 0 rings (SSSR count). The first-order valence-electron chi connectivity index (χ1n) is 9.07. The van der Waals surface area contributed by atoms with Gasteiger partial charge in [0.25, 0.3) is 6.29 Å². The van der Waals surface area contributed by atoms with Crippen molar-refractivity contribution in [2.45, 2.75) is 85.5 Å². The fraction of sp³-hybridized carbons (Fsp3) is 0.833. The van der Waals surface area contributed by atoms with Crippen LogP contribution >= 0.6 is 0 Å². The van der Waals surface area contributed by atoms with Crippen molar-refractivity contribution in [3.8, 4) is 0 Å². The minimum absolute atomic E-state index is 0.174. The van der Waals surface area contributed by atoms with Crippen LogP contribution in [0, 0.1) is 11.8 Å². The van der Waals surface area contributed by atoms with Crippen LogP contribution in [0.3, 0.4) is 0 Å². The number of aliphatic carboxylic acids is 1. The van der Waals surface area contributed by atoms with Gasteiger partial charge in [-0.2, -0.15) is 0 Å². The topological polar surface area (TPSA) is 102 Å². The molecule has 0 aromatic rings. The summed E-state index contributed by atoms with van der Waals surface area (Å²) in [6.07, 6.45) is 1.93. The van der Waals surface area contributed by atoms with Crippen molar-refractivity contribution in [2.24, 2.45) is 11.8 Å². The number of hydrogen-bond donors (Lipinski definition) is 2. The molecule has 3 atom stereocenters. The minimum atomic E-state index is -0.990. The van der Waals surface area contributed by atoms with E-state index in [1.165, 1.54) is 0 Å². The van der Waals surface area contributed by atoms with Crippen LogP contribution in [-0.4, -0.2) is 35.5 Å². The molecule has 0 unspecified atom stereocenters. The maximum absolute atomic E-state index is 12.1. The Morgan fingerprint density at radius 1 is 1.08 bits per heavy atom. The highest BCUT2D eigenvalue weighted by Crippen LogP contribution is 2.17. The zero-order chi connectivity index (χ0) is 19.4. The van der Waals surface area contributed by atoms with Gasteiger partial charge >= 0.3 is 18.0 Å². The van der Waals surface area contributed by atoms with Crippen LogP contribution in [0.1, 0.15) is 73.1 Å². The van der Waals surface area contributed by atoms with Crippen molar-refractivity contribution < 1.29 is 29.0 Å². The molecule has 0 saturated carbocycles. The lowest BCUT2D eigenvalue weighted by atomic mass is 9.95. The number of esters is 1. The predicted molar refractivity (Wildman–Crippen MR) is 94.0 cm³/mol. The molecule has 0 bridgehead atoms. The summed E-state index contributed by atoms with van der Waals surface area (Å²) < 4.78 is 10.3. The minimum Gasteiger partial charge on any atom is -0.481 e. The summed E-state index contributed by atoms with van der Waals surface area (Å²) in [5, 5.41) is 11.6. The Morgan fingerprint density at radius 3 is 2.20 bits per heavy atom. The molecule has 2 N–H and O–H groups in total. The molecule has 0 saturated heterocycles. The molecule has 0 heterocycles. The maximum Gasteiger partial charge on any atom is 0.410 e. The monoisotopic (exact) mass is 359 g/mol. The number of carbonyl (C=O) groups is 3. The lowest BCUT2D eigenvalue weighted by Crippen LogP contribution is -2.41. The molecule has 0 aliphatic carbocycles. The molecular weight excluding hydrogens is 326 g/mol. The van der Waals surface area contributed by atoms with Gasteiger partial charge in [-0.15, -0.1) is 0 Å². The van der Waals surface area contributed by atoms with Crippen molar-refractivity contribution in [3.05, 3.63) is 0 Å². The van der Waals surface area contributed by atoms with Crippen molar-refractivity contribution in [1.29, 1.82) is 0 Å². The third kappa shape index (κ3) is 11.4. The number of alkyl carbamates (subject to hydrolysis) is 1. The summed E-state index contributed by atoms with van der Waals surface area (Å²) in [6.45, 7) is 9.32. The lowest BCUT2D eigenvalue weighted by molar-refractivity contribution is -0.174. The van der Waals surface area contributed by atoms with Gasteiger partial charge in [0.05, 0.1) is 6.42 Å². The Hall–Kier alpha value is -1.79. The molecule has 0 spiro atoms. The molecule has 0 aromatic heterocycles. The van der Waals surface area contributed by atoms with Gasteiger partial charge in [-0.1, -0.05) is 53.9 Å². The standard InChI is InChI=1S/C18H33NO6/c1-6-8-9-13(5)10-14(11-15(20)21)19-18(23)25-17(12(3)4)24-16(22)7-2/h12-14,17H,6-11H2,1-5H3,(H,19,23)(H,20,21)/t13-,14+,17+/m1/s1. The van der Waals surface area contributed by atoms with Gasteiger partial charge in [0.1, 0.15) is 0 Å². The van der Waals surface area contributed by atoms with E-state index in [0.29, 0.717) is 12.3 Å². The quantitative estimate of drug-likeness (QED) is 0.407. The first kappa shape index (κ1) is 23.2. The van der Waals surface area contributed by atoms with Crippen molar-refractivity contribution >= 4 is 18.0 Å². The summed E-state index contributed by atoms with van der Waals surface area (Å²) in [7, 11) is 0. The summed E-state index contributed by atoms with van der Waals surface area (Å²) in [6, 6.07) is -0.522. The van der Waals surface area contributed by atoms with Crippen molar-refractivity contribution in [3.63, 3.8) is 0 Å². The molecule has 0 radical (unpaired) electrons. The average Bonchev–Trinajstić information content (AvgIpc) is 2.51. The summed E-state index contributed by atoms with van der Waals surface area (Å²) in [5.74, 6) is -1.35. The van der Waals surface area contributed by atoms with Crippen LogP contribution in [0.25, 0.3) is 0 Å². The second-order valence-electron chi connectivity index (χ2n) is 6.78. The second-order valence-corrected chi connectivity index (χ2v) is 6.78. The number of rotatable bonds is 12. The lowest BCUT2D eigenvalue weighted by Gasteiger charge is -2.24. The van der Waals surface area contributed by atoms with Gasteiger partial charge in [-0.05, 0) is 12.3 Å². The van der Waals surface area contributed by atoms with E-state index < -0.39 is 30.4 Å². The molecule has 25 heavy (non-hydrogen) atoms. The largest absolute Gasteiger partial charge is 0.481 e. The molecule has 0 aliphatic heterocycles. The van der Waals surface area contributed by atoms with E-state index in [-0.39, 0.29) is 18.8 Å². The third-order valence-electron chi connectivity index (χ3n) is 3.78. The number of ether oxygens (including phenoxy) is 2. The number of carboxylic acid groups (broad SMARTS) is 1. The van der Waals surface area contributed by atoms with Crippen LogP contribution in [0.15, 0.2) is 0 Å². The van der Waals surface area contributed by atoms with Gasteiger partial charge in [0, 0.05) is 18.4 Å². The van der Waals surface area contributed by atoms with Crippen LogP contribution in [0.4, 0.5) is 4.79 Å². The highest BCUT2D eigenvalue weighted by atomic mass is 16.7. The predicted octanol–water partition coefficient (Wildman–Crippen LogP) is 3.71. The van der Waals surface area contributed by atoms with Gasteiger partial charge in [0.15, 0.2) is 0 Å².